The number of aryl methyl sites for hydroxylation is 2. The van der Waals surface area contributed by atoms with Crippen LogP contribution in [0.2, 0.25) is 0 Å². The first-order valence-electron chi connectivity index (χ1n) is 12.3. The monoisotopic (exact) mass is 496 g/mol. The van der Waals surface area contributed by atoms with Crippen LogP contribution >= 0.6 is 0 Å². The summed E-state index contributed by atoms with van der Waals surface area (Å²) in [6, 6.07) is 18.6. The van der Waals surface area contributed by atoms with Crippen molar-refractivity contribution < 1.29 is 24.2 Å². The number of ketones is 1. The van der Waals surface area contributed by atoms with E-state index in [1.54, 1.807) is 48.5 Å². The van der Waals surface area contributed by atoms with Crippen LogP contribution in [-0.2, 0) is 27.2 Å². The number of nitrogens with zero attached hydrogens (tertiary/aromatic N) is 1. The Bertz CT molecular complexity index is 1440. The van der Waals surface area contributed by atoms with Gasteiger partial charge in [-0.2, -0.15) is 0 Å². The van der Waals surface area contributed by atoms with E-state index < -0.39 is 17.7 Å². The molecule has 1 aliphatic heterocycles. The standard InChI is InChI=1S/C30H28N2O5/c1-18(33)31-22-10-7-11-23(17-22)32-27(24-12-5-6-13-25(24)37-2)26(29(35)30(32)36)28(34)21-15-14-19-8-3-4-9-20(19)16-21/h5-7,10-17,27,34H,3-4,8-9H2,1-2H3,(H,31,33)/b28-26+. The molecule has 0 bridgehead atoms. The summed E-state index contributed by atoms with van der Waals surface area (Å²) in [5, 5.41) is 14.2. The van der Waals surface area contributed by atoms with Gasteiger partial charge in [-0.15, -0.1) is 0 Å². The van der Waals surface area contributed by atoms with Gasteiger partial charge < -0.3 is 15.2 Å². The molecule has 7 heteroatoms. The molecule has 1 saturated heterocycles. The number of benzene rings is 3. The highest BCUT2D eigenvalue weighted by molar-refractivity contribution is 6.51. The average molecular weight is 497 g/mol. The zero-order valence-corrected chi connectivity index (χ0v) is 20.8. The van der Waals surface area contributed by atoms with E-state index in [0.717, 1.165) is 31.2 Å². The summed E-state index contributed by atoms with van der Waals surface area (Å²) in [6.45, 7) is 1.40. The van der Waals surface area contributed by atoms with Crippen LogP contribution in [0.3, 0.4) is 0 Å². The summed E-state index contributed by atoms with van der Waals surface area (Å²) in [4.78, 5) is 40.0. The Morgan fingerprint density at radius 3 is 2.49 bits per heavy atom. The van der Waals surface area contributed by atoms with E-state index in [1.807, 2.05) is 18.2 Å². The predicted octanol–water partition coefficient (Wildman–Crippen LogP) is 5.16. The highest BCUT2D eigenvalue weighted by Crippen LogP contribution is 2.45. The third-order valence-electron chi connectivity index (χ3n) is 6.94. The number of anilines is 2. The Morgan fingerprint density at radius 2 is 1.73 bits per heavy atom. The van der Waals surface area contributed by atoms with E-state index in [-0.39, 0.29) is 17.2 Å². The first-order valence-corrected chi connectivity index (χ1v) is 12.3. The van der Waals surface area contributed by atoms with Crippen LogP contribution < -0.4 is 15.0 Å². The lowest BCUT2D eigenvalue weighted by Crippen LogP contribution is -2.29. The van der Waals surface area contributed by atoms with Crippen LogP contribution in [0.15, 0.2) is 72.3 Å². The van der Waals surface area contributed by atoms with Gasteiger partial charge in [0.25, 0.3) is 11.7 Å². The molecule has 3 aromatic rings. The lowest BCUT2D eigenvalue weighted by molar-refractivity contribution is -0.132. The minimum atomic E-state index is -0.931. The molecule has 7 nitrogen and oxygen atoms in total. The summed E-state index contributed by atoms with van der Waals surface area (Å²) in [5.74, 6) is -1.55. The zero-order valence-electron chi connectivity index (χ0n) is 20.8. The SMILES string of the molecule is COc1ccccc1C1/C(=C(\O)c2ccc3c(c2)CCCC3)C(=O)C(=O)N1c1cccc(NC(C)=O)c1. The Morgan fingerprint density at radius 1 is 0.973 bits per heavy atom. The summed E-state index contributed by atoms with van der Waals surface area (Å²) >= 11 is 0. The molecule has 1 atom stereocenters. The van der Waals surface area contributed by atoms with Crippen LogP contribution in [0, 0.1) is 0 Å². The third-order valence-corrected chi connectivity index (χ3v) is 6.94. The molecule has 0 aromatic heterocycles. The lowest BCUT2D eigenvalue weighted by Gasteiger charge is -2.27. The van der Waals surface area contributed by atoms with Gasteiger partial charge in [0.2, 0.25) is 5.91 Å². The number of amides is 2. The molecule has 2 N–H and O–H groups in total. The van der Waals surface area contributed by atoms with Crippen LogP contribution in [-0.4, -0.2) is 29.8 Å². The maximum absolute atomic E-state index is 13.5. The van der Waals surface area contributed by atoms with Gasteiger partial charge in [0.05, 0.1) is 18.7 Å². The molecule has 0 radical (unpaired) electrons. The number of para-hydroxylation sites is 1. The van der Waals surface area contributed by atoms with Gasteiger partial charge in [-0.3, -0.25) is 19.3 Å². The lowest BCUT2D eigenvalue weighted by atomic mass is 9.88. The summed E-state index contributed by atoms with van der Waals surface area (Å²) < 4.78 is 5.59. The second kappa shape index (κ2) is 9.93. The van der Waals surface area contributed by atoms with Gasteiger partial charge >= 0.3 is 0 Å². The minimum absolute atomic E-state index is 0.00445. The fourth-order valence-corrected chi connectivity index (χ4v) is 5.26. The van der Waals surface area contributed by atoms with Crippen molar-refractivity contribution in [1.29, 1.82) is 0 Å². The van der Waals surface area contributed by atoms with Crippen LogP contribution in [0.4, 0.5) is 11.4 Å². The molecule has 3 aromatic carbocycles. The van der Waals surface area contributed by atoms with Crippen molar-refractivity contribution >= 4 is 34.7 Å². The zero-order chi connectivity index (χ0) is 26.1. The number of carbonyl (C=O) groups is 3. The number of Topliss-reactive ketones (excluding diaryl/α,β-unsaturated/α-hetero) is 1. The van der Waals surface area contributed by atoms with Crippen molar-refractivity contribution in [2.75, 3.05) is 17.3 Å². The number of methoxy groups -OCH3 is 1. The van der Waals surface area contributed by atoms with Crippen LogP contribution in [0.1, 0.15) is 48.1 Å². The van der Waals surface area contributed by atoms with E-state index in [2.05, 4.69) is 5.32 Å². The van der Waals surface area contributed by atoms with Crippen molar-refractivity contribution in [1.82, 2.24) is 0 Å². The van der Waals surface area contributed by atoms with Gasteiger partial charge in [0, 0.05) is 29.4 Å². The number of ether oxygens (including phenoxy) is 1. The fourth-order valence-electron chi connectivity index (χ4n) is 5.26. The Balaban J connectivity index is 1.70. The number of rotatable bonds is 5. The Hall–Kier alpha value is -4.39. The topological polar surface area (TPSA) is 95.9 Å². The number of fused-ring (bicyclic) bond motifs is 1. The number of carbonyl (C=O) groups excluding carboxylic acids is 3. The molecule has 1 unspecified atom stereocenters. The van der Waals surface area contributed by atoms with Crippen molar-refractivity contribution in [2.45, 2.75) is 38.6 Å². The van der Waals surface area contributed by atoms with Gasteiger partial charge in [-0.05, 0) is 67.1 Å². The van der Waals surface area contributed by atoms with E-state index in [4.69, 9.17) is 4.74 Å². The maximum Gasteiger partial charge on any atom is 0.300 e. The number of hydrogen-bond donors (Lipinski definition) is 2. The molecule has 0 saturated carbocycles. The molecule has 188 valence electrons. The minimum Gasteiger partial charge on any atom is -0.507 e. The number of aliphatic hydroxyl groups excluding tert-OH is 1. The number of nitrogens with one attached hydrogen (secondary N) is 1. The van der Waals surface area contributed by atoms with E-state index in [1.165, 1.54) is 24.5 Å². The predicted molar refractivity (Wildman–Crippen MR) is 142 cm³/mol. The average Bonchev–Trinajstić information content (AvgIpc) is 3.17. The molecule has 1 heterocycles. The normalized spacial score (nSPS) is 18.4. The Kier molecular flexibility index (Phi) is 6.53. The van der Waals surface area contributed by atoms with Crippen LogP contribution in [0.5, 0.6) is 5.75 Å². The van der Waals surface area contributed by atoms with Crippen molar-refractivity contribution in [3.8, 4) is 5.75 Å². The number of aliphatic hydroxyl groups is 1. The summed E-state index contributed by atoms with van der Waals surface area (Å²) in [6.07, 6.45) is 4.12. The summed E-state index contributed by atoms with van der Waals surface area (Å²) in [5.41, 5.74) is 4.36. The highest BCUT2D eigenvalue weighted by Gasteiger charge is 2.48. The molecular weight excluding hydrogens is 468 g/mol. The molecule has 5 rings (SSSR count). The molecule has 1 aliphatic carbocycles. The van der Waals surface area contributed by atoms with Gasteiger partial charge in [0.1, 0.15) is 11.5 Å². The second-order valence-electron chi connectivity index (χ2n) is 9.33. The van der Waals surface area contributed by atoms with Crippen molar-refractivity contribution in [3.63, 3.8) is 0 Å². The van der Waals surface area contributed by atoms with Crippen molar-refractivity contribution in [3.05, 3.63) is 94.6 Å². The molecule has 0 spiro atoms. The summed E-state index contributed by atoms with van der Waals surface area (Å²) in [7, 11) is 1.52. The molecule has 2 aliphatic rings. The molecule has 2 amide bonds. The van der Waals surface area contributed by atoms with E-state index in [9.17, 15) is 19.5 Å². The van der Waals surface area contributed by atoms with E-state index in [0.29, 0.717) is 28.3 Å². The second-order valence-corrected chi connectivity index (χ2v) is 9.33. The first-order chi connectivity index (χ1) is 17.9. The molecule has 1 fully saturated rings. The first kappa shape index (κ1) is 24.3. The van der Waals surface area contributed by atoms with Gasteiger partial charge in [-0.25, -0.2) is 0 Å². The van der Waals surface area contributed by atoms with Gasteiger partial charge in [0.15, 0.2) is 0 Å². The smallest absolute Gasteiger partial charge is 0.300 e. The van der Waals surface area contributed by atoms with E-state index >= 15 is 0 Å². The number of hydrogen-bond acceptors (Lipinski definition) is 5. The fraction of sp³-hybridized carbons (Fsp3) is 0.233. The van der Waals surface area contributed by atoms with Crippen LogP contribution in [0.25, 0.3) is 5.76 Å². The Labute approximate surface area is 215 Å². The van der Waals surface area contributed by atoms with Gasteiger partial charge in [-0.1, -0.05) is 36.4 Å². The quantitative estimate of drug-likeness (QED) is 0.289. The van der Waals surface area contributed by atoms with Crippen molar-refractivity contribution in [2.24, 2.45) is 0 Å². The molecular formula is C30H28N2O5. The maximum atomic E-state index is 13.5. The molecule has 37 heavy (non-hydrogen) atoms. The highest BCUT2D eigenvalue weighted by atomic mass is 16.5. The third kappa shape index (κ3) is 4.48. The largest absolute Gasteiger partial charge is 0.507 e.